The number of aliphatic hydroxyl groups is 1. The van der Waals surface area contributed by atoms with Gasteiger partial charge in [0.15, 0.2) is 18.1 Å². The molecule has 0 aliphatic rings. The van der Waals surface area contributed by atoms with E-state index in [2.05, 4.69) is 24.6 Å². The molecule has 2 amide bonds. The molecule has 0 bridgehead atoms. The van der Waals surface area contributed by atoms with Gasteiger partial charge in [-0.2, -0.15) is 5.48 Å². The number of carbonyl (C=O) groups is 2. The molecule has 4 atom stereocenters. The second-order valence-electron chi connectivity index (χ2n) is 11.5. The number of amides is 2. The summed E-state index contributed by atoms with van der Waals surface area (Å²) < 4.78 is 10.9. The number of nitrogens with two attached hydrogens (primary N) is 1. The zero-order valence-corrected chi connectivity index (χ0v) is 25.3. The van der Waals surface area contributed by atoms with Gasteiger partial charge in [-0.3, -0.25) is 14.4 Å². The summed E-state index contributed by atoms with van der Waals surface area (Å²) in [6, 6.07) is 4.79. The lowest BCUT2D eigenvalue weighted by atomic mass is 9.81. The van der Waals surface area contributed by atoms with E-state index >= 15 is 0 Å². The fourth-order valence-electron chi connectivity index (χ4n) is 4.13. The Hall–Kier alpha value is -2.91. The van der Waals surface area contributed by atoms with Crippen LogP contribution in [-0.4, -0.2) is 60.9 Å². The van der Waals surface area contributed by atoms with Crippen molar-refractivity contribution in [3.63, 3.8) is 0 Å². The van der Waals surface area contributed by atoms with Gasteiger partial charge in [-0.1, -0.05) is 33.3 Å². The van der Waals surface area contributed by atoms with Crippen LogP contribution in [0.4, 0.5) is 0 Å². The normalized spacial score (nSPS) is 14.6. The number of hydrogen-bond donors (Lipinski definition) is 4. The molecule has 0 radical (unpaired) electrons. The molecule has 10 nitrogen and oxygen atoms in total. The molecule has 0 saturated heterocycles. The fourth-order valence-corrected chi connectivity index (χ4v) is 4.13. The zero-order valence-electron chi connectivity index (χ0n) is 25.3. The fraction of sp³-hybridized carbons (Fsp3) is 0.667. The van der Waals surface area contributed by atoms with Gasteiger partial charge in [-0.15, -0.1) is 0 Å². The number of methoxy groups -OCH3 is 1. The second kappa shape index (κ2) is 17.0. The van der Waals surface area contributed by atoms with Crippen LogP contribution in [-0.2, 0) is 25.6 Å². The Kier molecular flexibility index (Phi) is 14.9. The van der Waals surface area contributed by atoms with Crippen LogP contribution in [0.3, 0.4) is 0 Å². The molecule has 0 heterocycles. The Balaban J connectivity index is 3.24. The SMILES string of the molecule is CCCCNC(=O)[C@H](C)C(=C=O)[C@H](O)[C@H](C[C@H](Cc1ccc(OC)c(OCC(N)=O)c1)C(C)C)NOC(C)(C)C. The van der Waals surface area contributed by atoms with Crippen LogP contribution in [0.2, 0.25) is 0 Å². The first kappa shape index (κ1) is 35.1. The van der Waals surface area contributed by atoms with Gasteiger partial charge < -0.3 is 25.6 Å². The Morgan fingerprint density at radius 3 is 2.35 bits per heavy atom. The minimum absolute atomic E-state index is 0.0229. The Labute approximate surface area is 239 Å². The lowest BCUT2D eigenvalue weighted by Gasteiger charge is -2.33. The average molecular weight is 564 g/mol. The molecule has 0 aromatic heterocycles. The van der Waals surface area contributed by atoms with Gasteiger partial charge in [0.2, 0.25) is 5.91 Å². The van der Waals surface area contributed by atoms with E-state index in [1.54, 1.807) is 19.1 Å². The Morgan fingerprint density at radius 2 is 1.82 bits per heavy atom. The summed E-state index contributed by atoms with van der Waals surface area (Å²) >= 11 is 0. The molecule has 0 spiro atoms. The van der Waals surface area contributed by atoms with E-state index in [-0.39, 0.29) is 29.9 Å². The molecule has 1 rings (SSSR count). The van der Waals surface area contributed by atoms with Crippen molar-refractivity contribution >= 4 is 17.8 Å². The minimum Gasteiger partial charge on any atom is -0.493 e. The molecule has 10 heteroatoms. The molecular formula is C30H49N3O7. The third kappa shape index (κ3) is 12.1. The molecule has 1 aromatic carbocycles. The highest BCUT2D eigenvalue weighted by Crippen LogP contribution is 2.32. The summed E-state index contributed by atoms with van der Waals surface area (Å²) in [6.07, 6.45) is 1.46. The van der Waals surface area contributed by atoms with E-state index in [4.69, 9.17) is 20.0 Å². The van der Waals surface area contributed by atoms with Gasteiger partial charge in [0.05, 0.1) is 30.2 Å². The number of hydroxylamine groups is 1. The topological polar surface area (TPSA) is 149 Å². The first-order chi connectivity index (χ1) is 18.7. The molecule has 226 valence electrons. The number of unbranched alkanes of at least 4 members (excludes halogenated alkanes) is 1. The molecule has 40 heavy (non-hydrogen) atoms. The van der Waals surface area contributed by atoms with Crippen molar-refractivity contribution in [1.82, 2.24) is 10.8 Å². The maximum Gasteiger partial charge on any atom is 0.255 e. The van der Waals surface area contributed by atoms with Crippen LogP contribution in [0.1, 0.15) is 73.3 Å². The van der Waals surface area contributed by atoms with E-state index in [0.717, 1.165) is 18.4 Å². The first-order valence-electron chi connectivity index (χ1n) is 14.0. The summed E-state index contributed by atoms with van der Waals surface area (Å²) in [6.45, 7) is 13.6. The maximum atomic E-state index is 12.7. The van der Waals surface area contributed by atoms with E-state index < -0.39 is 29.6 Å². The van der Waals surface area contributed by atoms with Crippen molar-refractivity contribution in [1.29, 1.82) is 0 Å². The molecule has 0 unspecified atom stereocenters. The largest absolute Gasteiger partial charge is 0.493 e. The van der Waals surface area contributed by atoms with Crippen molar-refractivity contribution in [3.8, 4) is 11.5 Å². The first-order valence-corrected chi connectivity index (χ1v) is 14.0. The van der Waals surface area contributed by atoms with E-state index in [9.17, 15) is 19.5 Å². The smallest absolute Gasteiger partial charge is 0.255 e. The highest BCUT2D eigenvalue weighted by molar-refractivity contribution is 5.84. The van der Waals surface area contributed by atoms with Crippen molar-refractivity contribution < 1.29 is 33.8 Å². The van der Waals surface area contributed by atoms with E-state index in [1.807, 2.05) is 39.7 Å². The van der Waals surface area contributed by atoms with Gasteiger partial charge in [0.1, 0.15) is 12.0 Å². The number of nitrogens with one attached hydrogen (secondary N) is 2. The molecule has 0 aliphatic carbocycles. The highest BCUT2D eigenvalue weighted by Gasteiger charge is 2.34. The maximum absolute atomic E-state index is 12.7. The summed E-state index contributed by atoms with van der Waals surface area (Å²) in [5.41, 5.74) is 8.55. The van der Waals surface area contributed by atoms with Crippen LogP contribution in [0.25, 0.3) is 0 Å². The van der Waals surface area contributed by atoms with Crippen molar-refractivity contribution in [2.75, 3.05) is 20.3 Å². The van der Waals surface area contributed by atoms with Crippen LogP contribution >= 0.6 is 0 Å². The van der Waals surface area contributed by atoms with Crippen LogP contribution in [0.5, 0.6) is 11.5 Å². The van der Waals surface area contributed by atoms with Gasteiger partial charge in [-0.05, 0) is 76.5 Å². The van der Waals surface area contributed by atoms with Crippen molar-refractivity contribution in [2.24, 2.45) is 23.5 Å². The zero-order chi connectivity index (χ0) is 30.5. The monoisotopic (exact) mass is 563 g/mol. The number of hydrogen-bond acceptors (Lipinski definition) is 8. The lowest BCUT2D eigenvalue weighted by Crippen LogP contribution is -2.48. The summed E-state index contributed by atoms with van der Waals surface area (Å²) in [5, 5.41) is 14.2. The van der Waals surface area contributed by atoms with Gasteiger partial charge >= 0.3 is 0 Å². The van der Waals surface area contributed by atoms with Crippen molar-refractivity contribution in [3.05, 3.63) is 29.3 Å². The Morgan fingerprint density at radius 1 is 1.15 bits per heavy atom. The van der Waals surface area contributed by atoms with Gasteiger partial charge in [0.25, 0.3) is 5.91 Å². The van der Waals surface area contributed by atoms with Crippen LogP contribution in [0.15, 0.2) is 23.8 Å². The number of carbonyl (C=O) groups excluding carboxylic acids is 3. The average Bonchev–Trinajstić information content (AvgIpc) is 2.88. The third-order valence-corrected chi connectivity index (χ3v) is 6.62. The number of benzene rings is 1. The predicted octanol–water partition coefficient (Wildman–Crippen LogP) is 3.12. The summed E-state index contributed by atoms with van der Waals surface area (Å²) in [7, 11) is 1.51. The minimum atomic E-state index is -1.31. The number of rotatable bonds is 18. The molecular weight excluding hydrogens is 514 g/mol. The third-order valence-electron chi connectivity index (χ3n) is 6.62. The summed E-state index contributed by atoms with van der Waals surface area (Å²) in [5.74, 6) is 1.15. The van der Waals surface area contributed by atoms with Gasteiger partial charge in [-0.25, -0.2) is 4.79 Å². The number of primary amides is 1. The second-order valence-corrected chi connectivity index (χ2v) is 11.5. The standard InChI is InChI=1S/C30H49N3O7/c1-9-10-13-32-29(37)20(4)23(17-34)28(36)24(33-40-30(5,6)7)16-22(19(2)3)14-21-11-12-25(38-8)26(15-21)39-18-27(31)35/h11-12,15,19-20,22,24,28,33,36H,9-10,13-14,16,18H2,1-8H3,(H2,31,35)(H,32,37)/t20-,22+,24+,28+/m1/s1. The molecule has 0 fully saturated rings. The molecule has 1 aromatic rings. The molecule has 0 aliphatic heterocycles. The van der Waals surface area contributed by atoms with Crippen LogP contribution in [0, 0.1) is 17.8 Å². The van der Waals surface area contributed by atoms with Crippen molar-refractivity contribution in [2.45, 2.75) is 91.9 Å². The highest BCUT2D eigenvalue weighted by atomic mass is 16.7. The quantitative estimate of drug-likeness (QED) is 0.121. The van der Waals surface area contributed by atoms with Crippen LogP contribution < -0.4 is 26.0 Å². The lowest BCUT2D eigenvalue weighted by molar-refractivity contribution is -0.125. The van der Waals surface area contributed by atoms with Gasteiger partial charge in [0, 0.05) is 6.54 Å². The molecule has 0 saturated carbocycles. The predicted molar refractivity (Wildman–Crippen MR) is 154 cm³/mol. The number of aliphatic hydroxyl groups excluding tert-OH is 1. The Bertz CT molecular complexity index is 1000. The van der Waals surface area contributed by atoms with E-state index in [0.29, 0.717) is 30.9 Å². The van der Waals surface area contributed by atoms with E-state index in [1.165, 1.54) is 7.11 Å². The molecule has 5 N–H and O–H groups in total. The number of ether oxygens (including phenoxy) is 2. The summed E-state index contributed by atoms with van der Waals surface area (Å²) in [4.78, 5) is 41.8.